The van der Waals surface area contributed by atoms with Gasteiger partial charge in [0.1, 0.15) is 0 Å². The number of aromatic nitrogens is 2. The summed E-state index contributed by atoms with van der Waals surface area (Å²) in [5.41, 5.74) is 0.264. The highest BCUT2D eigenvalue weighted by molar-refractivity contribution is 4.93. The normalized spacial score (nSPS) is 23.9. The van der Waals surface area contributed by atoms with Crippen molar-refractivity contribution in [3.05, 3.63) is 18.7 Å². The first-order valence-corrected chi connectivity index (χ1v) is 7.43. The zero-order valence-corrected chi connectivity index (χ0v) is 12.8. The van der Waals surface area contributed by atoms with Gasteiger partial charge in [0.05, 0.1) is 6.33 Å². The number of piperazine rings is 1. The molecule has 108 valence electrons. The number of nitrogens with zero attached hydrogens (tertiary/aromatic N) is 3. The van der Waals surface area contributed by atoms with Gasteiger partial charge in [-0.1, -0.05) is 13.8 Å². The molecular weight excluding hydrogens is 236 g/mol. The summed E-state index contributed by atoms with van der Waals surface area (Å²) in [6.07, 6.45) is 6.98. The zero-order valence-electron chi connectivity index (χ0n) is 12.8. The highest BCUT2D eigenvalue weighted by atomic mass is 15.3. The summed E-state index contributed by atoms with van der Waals surface area (Å²) in [6.45, 7) is 13.8. The lowest BCUT2D eigenvalue weighted by Crippen LogP contribution is -2.63. The van der Waals surface area contributed by atoms with Gasteiger partial charge < -0.3 is 9.88 Å². The van der Waals surface area contributed by atoms with Crippen molar-refractivity contribution in [2.45, 2.75) is 52.2 Å². The Kier molecular flexibility index (Phi) is 4.63. The predicted molar refractivity (Wildman–Crippen MR) is 79.1 cm³/mol. The minimum Gasteiger partial charge on any atom is -0.337 e. The molecule has 1 unspecified atom stereocenters. The third-order valence-electron chi connectivity index (χ3n) is 4.28. The van der Waals surface area contributed by atoms with Crippen LogP contribution in [0.4, 0.5) is 0 Å². The summed E-state index contributed by atoms with van der Waals surface area (Å²) in [5.74, 6) is 0.701. The lowest BCUT2D eigenvalue weighted by atomic mass is 9.93. The van der Waals surface area contributed by atoms with E-state index in [9.17, 15) is 0 Å². The molecule has 0 aliphatic carbocycles. The minimum absolute atomic E-state index is 0.264. The van der Waals surface area contributed by atoms with Crippen LogP contribution in [0.1, 0.15) is 34.1 Å². The maximum Gasteiger partial charge on any atom is 0.0945 e. The van der Waals surface area contributed by atoms with Gasteiger partial charge >= 0.3 is 0 Å². The monoisotopic (exact) mass is 264 g/mol. The van der Waals surface area contributed by atoms with Crippen LogP contribution in [0.25, 0.3) is 0 Å². The summed E-state index contributed by atoms with van der Waals surface area (Å²) >= 11 is 0. The lowest BCUT2D eigenvalue weighted by molar-refractivity contribution is 0.0526. The van der Waals surface area contributed by atoms with E-state index in [0.29, 0.717) is 12.0 Å². The van der Waals surface area contributed by atoms with Crippen molar-refractivity contribution in [1.29, 1.82) is 0 Å². The van der Waals surface area contributed by atoms with Gasteiger partial charge in [0, 0.05) is 50.2 Å². The molecule has 4 nitrogen and oxygen atoms in total. The molecular formula is C15H28N4. The first-order valence-electron chi connectivity index (χ1n) is 7.43. The summed E-state index contributed by atoms with van der Waals surface area (Å²) in [6, 6.07) is 0.626. The van der Waals surface area contributed by atoms with Gasteiger partial charge in [-0.2, -0.15) is 0 Å². The molecule has 1 fully saturated rings. The predicted octanol–water partition coefficient (Wildman–Crippen LogP) is 1.98. The molecule has 2 heterocycles. The van der Waals surface area contributed by atoms with E-state index in [0.717, 1.165) is 26.2 Å². The average molecular weight is 264 g/mol. The van der Waals surface area contributed by atoms with E-state index >= 15 is 0 Å². The maximum atomic E-state index is 4.09. The topological polar surface area (TPSA) is 33.1 Å². The Morgan fingerprint density at radius 2 is 2.16 bits per heavy atom. The van der Waals surface area contributed by atoms with E-state index in [4.69, 9.17) is 0 Å². The number of hydrogen-bond acceptors (Lipinski definition) is 3. The van der Waals surface area contributed by atoms with Gasteiger partial charge in [-0.3, -0.25) is 4.90 Å². The Labute approximate surface area is 117 Å². The van der Waals surface area contributed by atoms with Crippen molar-refractivity contribution in [3.8, 4) is 0 Å². The number of aryl methyl sites for hydroxylation is 1. The van der Waals surface area contributed by atoms with Crippen LogP contribution in [0.5, 0.6) is 0 Å². The second-order valence-corrected chi connectivity index (χ2v) is 6.64. The molecule has 2 rings (SSSR count). The molecule has 1 aliphatic heterocycles. The SMILES string of the molecule is CC(C)C1CN(CCCn2ccnc2)C(C)(C)CN1. The van der Waals surface area contributed by atoms with Gasteiger partial charge in [-0.15, -0.1) is 0 Å². The van der Waals surface area contributed by atoms with Crippen molar-refractivity contribution in [1.82, 2.24) is 19.8 Å². The van der Waals surface area contributed by atoms with Crippen LogP contribution < -0.4 is 5.32 Å². The highest BCUT2D eigenvalue weighted by Crippen LogP contribution is 2.21. The number of hydrogen-bond donors (Lipinski definition) is 1. The first-order chi connectivity index (χ1) is 8.99. The van der Waals surface area contributed by atoms with E-state index in [1.807, 2.05) is 18.7 Å². The number of imidazole rings is 1. The highest BCUT2D eigenvalue weighted by Gasteiger charge is 2.34. The Morgan fingerprint density at radius 3 is 2.79 bits per heavy atom. The molecule has 0 radical (unpaired) electrons. The van der Waals surface area contributed by atoms with Crippen LogP contribution in [0, 0.1) is 5.92 Å². The molecule has 1 N–H and O–H groups in total. The van der Waals surface area contributed by atoms with Crippen molar-refractivity contribution in [2.24, 2.45) is 5.92 Å². The molecule has 1 aliphatic rings. The van der Waals surface area contributed by atoms with Gasteiger partial charge in [0.15, 0.2) is 0 Å². The van der Waals surface area contributed by atoms with Crippen LogP contribution in [0.2, 0.25) is 0 Å². The van der Waals surface area contributed by atoms with E-state index in [2.05, 4.69) is 47.5 Å². The smallest absolute Gasteiger partial charge is 0.0945 e. The van der Waals surface area contributed by atoms with Crippen molar-refractivity contribution in [3.63, 3.8) is 0 Å². The van der Waals surface area contributed by atoms with Crippen LogP contribution in [0.15, 0.2) is 18.7 Å². The van der Waals surface area contributed by atoms with Crippen LogP contribution in [0.3, 0.4) is 0 Å². The number of nitrogens with one attached hydrogen (secondary N) is 1. The van der Waals surface area contributed by atoms with Crippen LogP contribution in [-0.2, 0) is 6.54 Å². The molecule has 1 saturated heterocycles. The van der Waals surface area contributed by atoms with Crippen LogP contribution in [-0.4, -0.2) is 45.7 Å². The molecule has 0 saturated carbocycles. The van der Waals surface area contributed by atoms with Crippen molar-refractivity contribution in [2.75, 3.05) is 19.6 Å². The van der Waals surface area contributed by atoms with E-state index < -0.39 is 0 Å². The quantitative estimate of drug-likeness (QED) is 0.883. The summed E-state index contributed by atoms with van der Waals surface area (Å²) in [5, 5.41) is 3.69. The molecule has 1 atom stereocenters. The Morgan fingerprint density at radius 1 is 1.37 bits per heavy atom. The van der Waals surface area contributed by atoms with E-state index in [1.165, 1.54) is 6.42 Å². The molecule has 0 aromatic carbocycles. The third kappa shape index (κ3) is 3.80. The molecule has 4 heteroatoms. The summed E-state index contributed by atoms with van der Waals surface area (Å²) < 4.78 is 2.16. The lowest BCUT2D eigenvalue weighted by Gasteiger charge is -2.47. The Balaban J connectivity index is 1.85. The van der Waals surface area contributed by atoms with Crippen LogP contribution >= 0.6 is 0 Å². The maximum absolute atomic E-state index is 4.09. The van der Waals surface area contributed by atoms with Gasteiger partial charge in [0.2, 0.25) is 0 Å². The Bertz CT molecular complexity index is 370. The zero-order chi connectivity index (χ0) is 13.9. The summed E-state index contributed by atoms with van der Waals surface area (Å²) in [4.78, 5) is 6.73. The molecule has 19 heavy (non-hydrogen) atoms. The van der Waals surface area contributed by atoms with Gasteiger partial charge in [0.25, 0.3) is 0 Å². The molecule has 0 amide bonds. The number of rotatable bonds is 5. The second kappa shape index (κ2) is 6.06. The third-order valence-corrected chi connectivity index (χ3v) is 4.28. The van der Waals surface area contributed by atoms with Gasteiger partial charge in [-0.25, -0.2) is 4.98 Å². The Hall–Kier alpha value is -0.870. The fourth-order valence-electron chi connectivity index (χ4n) is 2.75. The fraction of sp³-hybridized carbons (Fsp3) is 0.800. The second-order valence-electron chi connectivity index (χ2n) is 6.64. The van der Waals surface area contributed by atoms with Crippen molar-refractivity contribution >= 4 is 0 Å². The largest absolute Gasteiger partial charge is 0.337 e. The minimum atomic E-state index is 0.264. The standard InChI is InChI=1S/C15H28N4/c1-13(2)14-10-19(15(3,4)11-17-14)8-5-7-18-9-6-16-12-18/h6,9,12-14,17H,5,7-8,10-11H2,1-4H3. The molecule has 0 spiro atoms. The molecule has 1 aromatic heterocycles. The summed E-state index contributed by atoms with van der Waals surface area (Å²) in [7, 11) is 0. The molecule has 1 aromatic rings. The molecule has 0 bridgehead atoms. The first kappa shape index (κ1) is 14.5. The average Bonchev–Trinajstić information content (AvgIpc) is 2.83. The van der Waals surface area contributed by atoms with E-state index in [1.54, 1.807) is 0 Å². The fourth-order valence-corrected chi connectivity index (χ4v) is 2.75. The van der Waals surface area contributed by atoms with E-state index in [-0.39, 0.29) is 5.54 Å². The van der Waals surface area contributed by atoms with Crippen molar-refractivity contribution < 1.29 is 0 Å². The van der Waals surface area contributed by atoms with Gasteiger partial charge in [-0.05, 0) is 26.2 Å².